The van der Waals surface area contributed by atoms with E-state index in [1.165, 1.54) is 30.8 Å². The molecule has 140 valence electrons. The first-order valence-electron chi connectivity index (χ1n) is 10.1. The van der Waals surface area contributed by atoms with Crippen molar-refractivity contribution in [3.8, 4) is 0 Å². The first-order valence-corrected chi connectivity index (χ1v) is 10.1. The van der Waals surface area contributed by atoms with Crippen molar-refractivity contribution in [3.63, 3.8) is 0 Å². The lowest BCUT2D eigenvalue weighted by Crippen LogP contribution is -2.41. The molecule has 5 rings (SSSR count). The van der Waals surface area contributed by atoms with E-state index in [-0.39, 0.29) is 5.91 Å². The first-order chi connectivity index (χ1) is 13.2. The summed E-state index contributed by atoms with van der Waals surface area (Å²) < 4.78 is 2.43. The lowest BCUT2D eigenvalue weighted by molar-refractivity contribution is 0.0675. The number of imidazole rings is 1. The van der Waals surface area contributed by atoms with Gasteiger partial charge < -0.3 is 14.5 Å². The lowest BCUT2D eigenvalue weighted by Gasteiger charge is -2.36. The number of amides is 1. The van der Waals surface area contributed by atoms with Crippen molar-refractivity contribution in [1.82, 2.24) is 19.4 Å². The van der Waals surface area contributed by atoms with E-state index in [0.717, 1.165) is 42.4 Å². The van der Waals surface area contributed by atoms with Crippen molar-refractivity contribution < 1.29 is 4.79 Å². The molecule has 1 unspecified atom stereocenters. The zero-order chi connectivity index (χ0) is 18.4. The predicted octanol–water partition coefficient (Wildman–Crippen LogP) is 4.42. The molecule has 3 aromatic rings. The summed E-state index contributed by atoms with van der Waals surface area (Å²) in [4.78, 5) is 23.1. The van der Waals surface area contributed by atoms with Crippen LogP contribution in [0.3, 0.4) is 0 Å². The standard InChI is InChI=1S/C22H26N4O/c1-15-13-24-21(17-4-2-5-17)26(15)19-6-3-11-25(14-19)22(27)18-8-7-16-9-10-23-20(16)12-18/h7-10,12-13,17,19,23H,2-6,11,14H2,1H3. The van der Waals surface area contributed by atoms with Crippen molar-refractivity contribution in [2.45, 2.75) is 51.0 Å². The van der Waals surface area contributed by atoms with Gasteiger partial charge in [0.05, 0.1) is 6.04 Å². The summed E-state index contributed by atoms with van der Waals surface area (Å²) >= 11 is 0. The number of likely N-dealkylation sites (tertiary alicyclic amines) is 1. The SMILES string of the molecule is Cc1cnc(C2CCC2)n1C1CCCN(C(=O)c2ccc3cc[nH]c3c2)C1. The second kappa shape index (κ2) is 6.55. The van der Waals surface area contributed by atoms with Gasteiger partial charge in [0.25, 0.3) is 5.91 Å². The number of fused-ring (bicyclic) bond motifs is 1. The van der Waals surface area contributed by atoms with Gasteiger partial charge in [-0.05, 0) is 56.2 Å². The Balaban J connectivity index is 1.39. The van der Waals surface area contributed by atoms with Crippen LogP contribution < -0.4 is 0 Å². The number of aromatic amines is 1. The maximum absolute atomic E-state index is 13.1. The molecule has 27 heavy (non-hydrogen) atoms. The van der Waals surface area contributed by atoms with E-state index in [4.69, 9.17) is 4.98 Å². The minimum atomic E-state index is 0.138. The minimum Gasteiger partial charge on any atom is -0.361 e. The molecule has 0 spiro atoms. The monoisotopic (exact) mass is 362 g/mol. The normalized spacial score (nSPS) is 20.8. The number of hydrogen-bond donors (Lipinski definition) is 1. The average Bonchev–Trinajstić information content (AvgIpc) is 3.26. The van der Waals surface area contributed by atoms with Crippen molar-refractivity contribution in [2.75, 3.05) is 13.1 Å². The highest BCUT2D eigenvalue weighted by atomic mass is 16.2. The van der Waals surface area contributed by atoms with Gasteiger partial charge in [0, 0.05) is 48.2 Å². The third-order valence-electron chi connectivity index (χ3n) is 6.33. The molecule has 1 atom stereocenters. The van der Waals surface area contributed by atoms with Crippen LogP contribution in [-0.4, -0.2) is 38.4 Å². The minimum absolute atomic E-state index is 0.138. The number of carbonyl (C=O) groups excluding carboxylic acids is 1. The third kappa shape index (κ3) is 2.85. The molecule has 1 saturated heterocycles. The number of nitrogens with zero attached hydrogens (tertiary/aromatic N) is 3. The van der Waals surface area contributed by atoms with Gasteiger partial charge in [-0.25, -0.2) is 4.98 Å². The van der Waals surface area contributed by atoms with E-state index in [9.17, 15) is 4.79 Å². The van der Waals surface area contributed by atoms with Crippen LogP contribution in [0.2, 0.25) is 0 Å². The van der Waals surface area contributed by atoms with Crippen LogP contribution in [0.15, 0.2) is 36.7 Å². The molecule has 1 saturated carbocycles. The van der Waals surface area contributed by atoms with E-state index in [2.05, 4.69) is 16.5 Å². The largest absolute Gasteiger partial charge is 0.361 e. The molecule has 3 heterocycles. The number of benzene rings is 1. The van der Waals surface area contributed by atoms with Crippen molar-refractivity contribution in [2.24, 2.45) is 0 Å². The van der Waals surface area contributed by atoms with E-state index in [1.807, 2.05) is 41.6 Å². The topological polar surface area (TPSA) is 53.9 Å². The summed E-state index contributed by atoms with van der Waals surface area (Å²) in [5.74, 6) is 1.99. The molecule has 1 N–H and O–H groups in total. The quantitative estimate of drug-likeness (QED) is 0.750. The summed E-state index contributed by atoms with van der Waals surface area (Å²) in [7, 11) is 0. The Morgan fingerprint density at radius 1 is 1.19 bits per heavy atom. The maximum Gasteiger partial charge on any atom is 0.254 e. The van der Waals surface area contributed by atoms with Gasteiger partial charge >= 0.3 is 0 Å². The number of rotatable bonds is 3. The Labute approximate surface area is 159 Å². The summed E-state index contributed by atoms with van der Waals surface area (Å²) in [5, 5.41) is 1.14. The van der Waals surface area contributed by atoms with Gasteiger partial charge in [0.15, 0.2) is 0 Å². The Morgan fingerprint density at radius 2 is 2.07 bits per heavy atom. The molecule has 0 radical (unpaired) electrons. The van der Waals surface area contributed by atoms with Crippen LogP contribution in [0, 0.1) is 6.92 Å². The summed E-state index contributed by atoms with van der Waals surface area (Å²) in [6.45, 7) is 3.76. The number of piperidine rings is 1. The highest BCUT2D eigenvalue weighted by Crippen LogP contribution is 2.38. The van der Waals surface area contributed by atoms with Gasteiger partial charge in [0.1, 0.15) is 5.82 Å². The van der Waals surface area contributed by atoms with Crippen LogP contribution in [0.1, 0.15) is 65.9 Å². The fraction of sp³-hybridized carbons (Fsp3) is 0.455. The Kier molecular flexibility index (Phi) is 4.03. The smallest absolute Gasteiger partial charge is 0.254 e. The third-order valence-corrected chi connectivity index (χ3v) is 6.33. The zero-order valence-corrected chi connectivity index (χ0v) is 15.8. The van der Waals surface area contributed by atoms with Crippen LogP contribution in [0.4, 0.5) is 0 Å². The number of aromatic nitrogens is 3. The summed E-state index contributed by atoms with van der Waals surface area (Å²) in [6, 6.07) is 8.32. The molecular weight excluding hydrogens is 336 g/mol. The van der Waals surface area contributed by atoms with Gasteiger partial charge in [-0.15, -0.1) is 0 Å². The van der Waals surface area contributed by atoms with Crippen LogP contribution in [0.5, 0.6) is 0 Å². The van der Waals surface area contributed by atoms with Crippen molar-refractivity contribution in [3.05, 3.63) is 53.7 Å². The molecule has 1 aliphatic carbocycles. The average molecular weight is 362 g/mol. The summed E-state index contributed by atoms with van der Waals surface area (Å²) in [6.07, 6.45) is 9.91. The Morgan fingerprint density at radius 3 is 2.89 bits per heavy atom. The van der Waals surface area contributed by atoms with Crippen LogP contribution in [0.25, 0.3) is 10.9 Å². The number of carbonyl (C=O) groups is 1. The molecule has 2 aromatic heterocycles. The van der Waals surface area contributed by atoms with E-state index >= 15 is 0 Å². The van der Waals surface area contributed by atoms with Gasteiger partial charge in [-0.2, -0.15) is 0 Å². The second-order valence-corrected chi connectivity index (χ2v) is 8.08. The molecule has 0 bridgehead atoms. The number of aryl methyl sites for hydroxylation is 1. The molecule has 5 heteroatoms. The predicted molar refractivity (Wildman–Crippen MR) is 106 cm³/mol. The molecule has 2 fully saturated rings. The first kappa shape index (κ1) is 16.6. The molecule has 1 aliphatic heterocycles. The van der Waals surface area contributed by atoms with Crippen LogP contribution >= 0.6 is 0 Å². The molecule has 1 aromatic carbocycles. The van der Waals surface area contributed by atoms with Crippen molar-refractivity contribution in [1.29, 1.82) is 0 Å². The second-order valence-electron chi connectivity index (χ2n) is 8.08. The molecule has 1 amide bonds. The molecular formula is C22H26N4O. The number of nitrogens with one attached hydrogen (secondary N) is 1. The highest BCUT2D eigenvalue weighted by Gasteiger charge is 2.31. The lowest BCUT2D eigenvalue weighted by atomic mass is 9.84. The molecule has 5 nitrogen and oxygen atoms in total. The molecule has 2 aliphatic rings. The highest BCUT2D eigenvalue weighted by molar-refractivity contribution is 5.98. The maximum atomic E-state index is 13.1. The Hall–Kier alpha value is -2.56. The number of hydrogen-bond acceptors (Lipinski definition) is 2. The van der Waals surface area contributed by atoms with E-state index < -0.39 is 0 Å². The van der Waals surface area contributed by atoms with Gasteiger partial charge in [-0.3, -0.25) is 4.79 Å². The fourth-order valence-corrected chi connectivity index (χ4v) is 4.62. The summed E-state index contributed by atoms with van der Waals surface area (Å²) in [5.41, 5.74) is 3.02. The van der Waals surface area contributed by atoms with E-state index in [1.54, 1.807) is 0 Å². The Bertz CT molecular complexity index is 981. The van der Waals surface area contributed by atoms with Gasteiger partial charge in [-0.1, -0.05) is 12.5 Å². The van der Waals surface area contributed by atoms with Crippen molar-refractivity contribution >= 4 is 16.8 Å². The van der Waals surface area contributed by atoms with E-state index in [0.29, 0.717) is 12.0 Å². The fourth-order valence-electron chi connectivity index (χ4n) is 4.62. The zero-order valence-electron chi connectivity index (χ0n) is 15.8. The van der Waals surface area contributed by atoms with Gasteiger partial charge in [0.2, 0.25) is 0 Å². The van der Waals surface area contributed by atoms with Crippen LogP contribution in [-0.2, 0) is 0 Å². The number of H-pyrrole nitrogens is 1.